The Morgan fingerprint density at radius 2 is 1.89 bits per heavy atom. The van der Waals surface area contributed by atoms with Crippen molar-refractivity contribution in [2.24, 2.45) is 4.99 Å². The molecule has 2 N–H and O–H groups in total. The molecule has 0 spiro atoms. The van der Waals surface area contributed by atoms with Gasteiger partial charge < -0.3 is 20.3 Å². The zero-order chi connectivity index (χ0) is 19.5. The molecule has 0 saturated carbocycles. The summed E-state index contributed by atoms with van der Waals surface area (Å²) in [5, 5.41) is 6.95. The molecule has 0 aliphatic carbocycles. The van der Waals surface area contributed by atoms with Gasteiger partial charge >= 0.3 is 0 Å². The molecule has 1 saturated heterocycles. The van der Waals surface area contributed by atoms with Crippen LogP contribution in [0.25, 0.3) is 0 Å². The summed E-state index contributed by atoms with van der Waals surface area (Å²) in [4.78, 5) is 9.27. The molecule has 0 radical (unpaired) electrons. The van der Waals surface area contributed by atoms with Crippen molar-refractivity contribution < 1.29 is 4.74 Å². The van der Waals surface area contributed by atoms with Crippen LogP contribution in [0.4, 0.5) is 0 Å². The third-order valence-corrected chi connectivity index (χ3v) is 5.34. The van der Waals surface area contributed by atoms with Gasteiger partial charge in [0.05, 0.1) is 13.2 Å². The van der Waals surface area contributed by atoms with Crippen LogP contribution in [0.5, 0.6) is 5.75 Å². The van der Waals surface area contributed by atoms with E-state index < -0.39 is 0 Å². The van der Waals surface area contributed by atoms with Crippen LogP contribution >= 0.6 is 0 Å². The van der Waals surface area contributed by atoms with E-state index in [0.29, 0.717) is 6.04 Å². The fraction of sp³-hybridized carbons (Fsp3) is 0.667. The number of nitrogens with one attached hydrogen (secondary N) is 2. The number of likely N-dealkylation sites (N-methyl/N-ethyl adjacent to an activating group) is 1. The largest absolute Gasteiger partial charge is 0.497 e. The summed E-state index contributed by atoms with van der Waals surface area (Å²) in [7, 11) is 5.68. The first-order valence-corrected chi connectivity index (χ1v) is 10.2. The Morgan fingerprint density at radius 1 is 1.19 bits per heavy atom. The molecule has 1 atom stereocenters. The summed E-state index contributed by atoms with van der Waals surface area (Å²) in [6.07, 6.45) is 3.90. The van der Waals surface area contributed by atoms with Crippen LogP contribution in [-0.2, 0) is 0 Å². The molecule has 0 aromatic heterocycles. The van der Waals surface area contributed by atoms with Gasteiger partial charge in [-0.05, 0) is 57.2 Å². The summed E-state index contributed by atoms with van der Waals surface area (Å²) in [5.74, 6) is 1.77. The van der Waals surface area contributed by atoms with Crippen LogP contribution < -0.4 is 15.4 Å². The number of aliphatic imine (C=N–C) groups is 1. The molecule has 27 heavy (non-hydrogen) atoms. The second kappa shape index (κ2) is 11.8. The summed E-state index contributed by atoms with van der Waals surface area (Å²) in [6.45, 7) is 8.28. The molecular formula is C21H37N5O. The van der Waals surface area contributed by atoms with Gasteiger partial charge in [-0.2, -0.15) is 0 Å². The van der Waals surface area contributed by atoms with Crippen LogP contribution in [0.1, 0.15) is 37.8 Å². The smallest absolute Gasteiger partial charge is 0.191 e. The molecule has 2 rings (SSSR count). The van der Waals surface area contributed by atoms with E-state index in [9.17, 15) is 0 Å². The van der Waals surface area contributed by atoms with E-state index >= 15 is 0 Å². The molecule has 6 heteroatoms. The van der Waals surface area contributed by atoms with Crippen molar-refractivity contribution >= 4 is 5.96 Å². The Balaban J connectivity index is 1.97. The summed E-state index contributed by atoms with van der Waals surface area (Å²) < 4.78 is 5.32. The highest BCUT2D eigenvalue weighted by Crippen LogP contribution is 2.25. The standard InChI is InChI=1S/C21H37N5O/c1-5-25(3)16-13-23-21(22-2)24-17-20(26-14-7-6-8-15-26)18-9-11-19(27-4)12-10-18/h9-12,20H,5-8,13-17H2,1-4H3,(H2,22,23,24). The minimum Gasteiger partial charge on any atom is -0.497 e. The number of ether oxygens (including phenoxy) is 1. The number of guanidine groups is 1. The number of nitrogens with zero attached hydrogens (tertiary/aromatic N) is 3. The maximum absolute atomic E-state index is 5.32. The number of hydrogen-bond acceptors (Lipinski definition) is 4. The Hall–Kier alpha value is -1.79. The number of methoxy groups -OCH3 is 1. The fourth-order valence-electron chi connectivity index (χ4n) is 3.45. The monoisotopic (exact) mass is 375 g/mol. The van der Waals surface area contributed by atoms with E-state index in [2.05, 4.69) is 63.7 Å². The van der Waals surface area contributed by atoms with E-state index in [4.69, 9.17) is 4.74 Å². The highest BCUT2D eigenvalue weighted by atomic mass is 16.5. The quantitative estimate of drug-likeness (QED) is 0.513. The van der Waals surface area contributed by atoms with E-state index in [1.165, 1.54) is 24.8 Å². The second-order valence-corrected chi connectivity index (χ2v) is 7.16. The van der Waals surface area contributed by atoms with Gasteiger partial charge in [-0.3, -0.25) is 9.89 Å². The van der Waals surface area contributed by atoms with E-state index in [1.807, 2.05) is 7.05 Å². The average Bonchev–Trinajstić information content (AvgIpc) is 2.73. The average molecular weight is 376 g/mol. The molecule has 1 aliphatic rings. The van der Waals surface area contributed by atoms with Gasteiger partial charge in [-0.1, -0.05) is 25.5 Å². The second-order valence-electron chi connectivity index (χ2n) is 7.16. The molecule has 1 heterocycles. The molecule has 1 fully saturated rings. The lowest BCUT2D eigenvalue weighted by Crippen LogP contribution is -2.45. The molecule has 0 amide bonds. The van der Waals surface area contributed by atoms with Crippen LogP contribution in [0.15, 0.2) is 29.3 Å². The van der Waals surface area contributed by atoms with Crippen molar-refractivity contribution in [3.05, 3.63) is 29.8 Å². The van der Waals surface area contributed by atoms with Gasteiger partial charge in [-0.15, -0.1) is 0 Å². The molecular weight excluding hydrogens is 338 g/mol. The predicted octanol–water partition coefficient (Wildman–Crippen LogP) is 2.34. The van der Waals surface area contributed by atoms with Gasteiger partial charge in [0.1, 0.15) is 5.75 Å². The van der Waals surface area contributed by atoms with Gasteiger partial charge in [0, 0.05) is 26.7 Å². The molecule has 0 bridgehead atoms. The van der Waals surface area contributed by atoms with Gasteiger partial charge in [0.2, 0.25) is 0 Å². The molecule has 152 valence electrons. The van der Waals surface area contributed by atoms with Crippen LogP contribution in [0, 0.1) is 0 Å². The topological polar surface area (TPSA) is 52.1 Å². The van der Waals surface area contributed by atoms with Crippen molar-refractivity contribution in [2.75, 3.05) is 60.5 Å². The fourth-order valence-corrected chi connectivity index (χ4v) is 3.45. The molecule has 1 unspecified atom stereocenters. The third-order valence-electron chi connectivity index (χ3n) is 5.34. The van der Waals surface area contributed by atoms with E-state index in [0.717, 1.165) is 51.0 Å². The zero-order valence-electron chi connectivity index (χ0n) is 17.5. The number of hydrogen-bond donors (Lipinski definition) is 2. The number of likely N-dealkylation sites (tertiary alicyclic amines) is 1. The maximum atomic E-state index is 5.32. The summed E-state index contributed by atoms with van der Waals surface area (Å²) in [5.41, 5.74) is 1.33. The first-order chi connectivity index (χ1) is 13.2. The highest BCUT2D eigenvalue weighted by molar-refractivity contribution is 5.79. The molecule has 1 aliphatic heterocycles. The van der Waals surface area contributed by atoms with E-state index in [-0.39, 0.29) is 0 Å². The SMILES string of the molecule is CCN(C)CCNC(=NC)NCC(c1ccc(OC)cc1)N1CCCCC1. The van der Waals surface area contributed by atoms with Crippen molar-refractivity contribution in [1.82, 2.24) is 20.4 Å². The van der Waals surface area contributed by atoms with Gasteiger partial charge in [0.25, 0.3) is 0 Å². The minimum absolute atomic E-state index is 0.341. The van der Waals surface area contributed by atoms with Gasteiger partial charge in [0.15, 0.2) is 5.96 Å². The Morgan fingerprint density at radius 3 is 2.48 bits per heavy atom. The normalized spacial score (nSPS) is 17.0. The minimum atomic E-state index is 0.341. The van der Waals surface area contributed by atoms with Crippen molar-refractivity contribution in [2.45, 2.75) is 32.2 Å². The summed E-state index contributed by atoms with van der Waals surface area (Å²) >= 11 is 0. The molecule has 6 nitrogen and oxygen atoms in total. The Labute approximate surface area is 165 Å². The Kier molecular flexibility index (Phi) is 9.42. The van der Waals surface area contributed by atoms with Gasteiger partial charge in [-0.25, -0.2) is 0 Å². The van der Waals surface area contributed by atoms with Crippen LogP contribution in [0.2, 0.25) is 0 Å². The lowest BCUT2D eigenvalue weighted by atomic mass is 10.0. The lowest BCUT2D eigenvalue weighted by molar-refractivity contribution is 0.164. The third kappa shape index (κ3) is 7.03. The van der Waals surface area contributed by atoms with Crippen LogP contribution in [0.3, 0.4) is 0 Å². The van der Waals surface area contributed by atoms with Crippen molar-refractivity contribution in [3.8, 4) is 5.75 Å². The lowest BCUT2D eigenvalue weighted by Gasteiger charge is -2.35. The number of piperidine rings is 1. The maximum Gasteiger partial charge on any atom is 0.191 e. The number of benzene rings is 1. The summed E-state index contributed by atoms with van der Waals surface area (Å²) in [6, 6.07) is 8.83. The Bertz CT molecular complexity index is 554. The zero-order valence-corrected chi connectivity index (χ0v) is 17.5. The molecule has 1 aromatic carbocycles. The molecule has 1 aromatic rings. The van der Waals surface area contributed by atoms with Crippen LogP contribution in [-0.4, -0.2) is 76.2 Å². The first-order valence-electron chi connectivity index (χ1n) is 10.2. The number of rotatable bonds is 9. The first kappa shape index (κ1) is 21.5. The highest BCUT2D eigenvalue weighted by Gasteiger charge is 2.22. The van der Waals surface area contributed by atoms with Crippen molar-refractivity contribution in [3.63, 3.8) is 0 Å². The predicted molar refractivity (Wildman–Crippen MR) is 114 cm³/mol. The van der Waals surface area contributed by atoms with E-state index in [1.54, 1.807) is 7.11 Å². The van der Waals surface area contributed by atoms with Crippen molar-refractivity contribution in [1.29, 1.82) is 0 Å².